The largest absolute Gasteiger partial charge is 0.373 e. The van der Waals surface area contributed by atoms with Crippen molar-refractivity contribution < 1.29 is 9.53 Å². The topological polar surface area (TPSA) is 26.3 Å². The van der Waals surface area contributed by atoms with E-state index in [0.29, 0.717) is 6.61 Å². The van der Waals surface area contributed by atoms with Crippen LogP contribution >= 0.6 is 0 Å². The van der Waals surface area contributed by atoms with E-state index in [1.165, 1.54) is 5.56 Å². The summed E-state index contributed by atoms with van der Waals surface area (Å²) in [5.41, 5.74) is 5.22. The minimum absolute atomic E-state index is 0.0531. The van der Waals surface area contributed by atoms with Crippen LogP contribution < -0.4 is 0 Å². The second-order valence-electron chi connectivity index (χ2n) is 4.93. The standard InChI is InChI=1S/C16H22O2/c1-11(2)6-7-18-10-16(17)15-9-13(4)12(3)8-14(15)5/h8-9H,1,6-7,10H2,2-5H3. The van der Waals surface area contributed by atoms with E-state index in [-0.39, 0.29) is 12.4 Å². The first-order valence-corrected chi connectivity index (χ1v) is 6.25. The number of benzene rings is 1. The third-order valence-corrected chi connectivity index (χ3v) is 3.05. The smallest absolute Gasteiger partial charge is 0.188 e. The summed E-state index contributed by atoms with van der Waals surface area (Å²) in [5.74, 6) is 0.0531. The van der Waals surface area contributed by atoms with Gasteiger partial charge < -0.3 is 4.74 Å². The van der Waals surface area contributed by atoms with Crippen molar-refractivity contribution in [3.8, 4) is 0 Å². The lowest BCUT2D eigenvalue weighted by molar-refractivity contribution is 0.0765. The molecule has 0 fully saturated rings. The molecular formula is C16H22O2. The molecule has 0 atom stereocenters. The van der Waals surface area contributed by atoms with Crippen LogP contribution in [-0.4, -0.2) is 19.0 Å². The highest BCUT2D eigenvalue weighted by Crippen LogP contribution is 2.16. The number of Topliss-reactive ketones (excluding diaryl/α,β-unsaturated/α-hetero) is 1. The van der Waals surface area contributed by atoms with Gasteiger partial charge in [-0.3, -0.25) is 4.79 Å². The van der Waals surface area contributed by atoms with Gasteiger partial charge in [-0.2, -0.15) is 0 Å². The summed E-state index contributed by atoms with van der Waals surface area (Å²) in [7, 11) is 0. The van der Waals surface area contributed by atoms with Crippen LogP contribution in [-0.2, 0) is 4.74 Å². The third kappa shape index (κ3) is 4.11. The first-order chi connectivity index (χ1) is 8.41. The molecule has 0 radical (unpaired) electrons. The average Bonchev–Trinajstić information content (AvgIpc) is 2.28. The van der Waals surface area contributed by atoms with Crippen LogP contribution in [0.25, 0.3) is 0 Å². The molecule has 0 aromatic heterocycles. The van der Waals surface area contributed by atoms with E-state index in [0.717, 1.165) is 28.7 Å². The zero-order valence-electron chi connectivity index (χ0n) is 11.8. The Morgan fingerprint density at radius 3 is 2.39 bits per heavy atom. The van der Waals surface area contributed by atoms with Crippen LogP contribution in [0.15, 0.2) is 24.3 Å². The highest BCUT2D eigenvalue weighted by Gasteiger charge is 2.10. The molecule has 1 rings (SSSR count). The molecule has 0 saturated carbocycles. The van der Waals surface area contributed by atoms with Gasteiger partial charge >= 0.3 is 0 Å². The van der Waals surface area contributed by atoms with E-state index in [9.17, 15) is 4.79 Å². The van der Waals surface area contributed by atoms with Gasteiger partial charge in [-0.05, 0) is 56.9 Å². The van der Waals surface area contributed by atoms with Gasteiger partial charge in [0.05, 0.1) is 6.61 Å². The number of carbonyl (C=O) groups is 1. The predicted molar refractivity (Wildman–Crippen MR) is 75.2 cm³/mol. The van der Waals surface area contributed by atoms with E-state index < -0.39 is 0 Å². The lowest BCUT2D eigenvalue weighted by Crippen LogP contribution is -2.12. The number of aryl methyl sites for hydroxylation is 3. The molecule has 0 heterocycles. The molecule has 18 heavy (non-hydrogen) atoms. The Morgan fingerprint density at radius 2 is 1.78 bits per heavy atom. The molecule has 0 unspecified atom stereocenters. The van der Waals surface area contributed by atoms with Crippen molar-refractivity contribution in [1.82, 2.24) is 0 Å². The first-order valence-electron chi connectivity index (χ1n) is 6.25. The van der Waals surface area contributed by atoms with Crippen molar-refractivity contribution in [3.05, 3.63) is 46.5 Å². The normalized spacial score (nSPS) is 10.4. The maximum absolute atomic E-state index is 12.0. The summed E-state index contributed by atoms with van der Waals surface area (Å²) in [6.45, 7) is 12.5. The minimum Gasteiger partial charge on any atom is -0.373 e. The van der Waals surface area contributed by atoms with Crippen molar-refractivity contribution in [2.24, 2.45) is 0 Å². The van der Waals surface area contributed by atoms with E-state index in [1.54, 1.807) is 0 Å². The Kier molecular flexibility index (Phi) is 5.29. The van der Waals surface area contributed by atoms with Gasteiger partial charge in [0.25, 0.3) is 0 Å². The number of ether oxygens (including phenoxy) is 1. The van der Waals surface area contributed by atoms with Crippen LogP contribution in [0, 0.1) is 20.8 Å². The van der Waals surface area contributed by atoms with Crippen LogP contribution in [0.3, 0.4) is 0 Å². The molecule has 1 aromatic carbocycles. The maximum atomic E-state index is 12.0. The maximum Gasteiger partial charge on any atom is 0.188 e. The highest BCUT2D eigenvalue weighted by atomic mass is 16.5. The molecule has 1 aromatic rings. The molecule has 2 heteroatoms. The van der Waals surface area contributed by atoms with Crippen LogP contribution in [0.1, 0.15) is 40.4 Å². The molecule has 0 aliphatic heterocycles. The Balaban J connectivity index is 2.62. The van der Waals surface area contributed by atoms with Gasteiger partial charge in [0.1, 0.15) is 6.61 Å². The van der Waals surface area contributed by atoms with Gasteiger partial charge in [-0.1, -0.05) is 11.6 Å². The number of ketones is 1. The lowest BCUT2D eigenvalue weighted by atomic mass is 9.98. The number of rotatable bonds is 6. The summed E-state index contributed by atoms with van der Waals surface area (Å²) < 4.78 is 5.38. The molecule has 0 aliphatic carbocycles. The molecule has 2 nitrogen and oxygen atoms in total. The second-order valence-corrected chi connectivity index (χ2v) is 4.93. The van der Waals surface area contributed by atoms with Gasteiger partial charge in [0.2, 0.25) is 0 Å². The Hall–Kier alpha value is -1.41. The number of hydrogen-bond acceptors (Lipinski definition) is 2. The molecule has 0 N–H and O–H groups in total. The van der Waals surface area contributed by atoms with E-state index in [2.05, 4.69) is 19.6 Å². The summed E-state index contributed by atoms with van der Waals surface area (Å²) in [4.78, 5) is 12.0. The minimum atomic E-state index is 0.0531. The van der Waals surface area contributed by atoms with Gasteiger partial charge in [-0.15, -0.1) is 6.58 Å². The zero-order chi connectivity index (χ0) is 13.7. The summed E-state index contributed by atoms with van der Waals surface area (Å²) in [6, 6.07) is 4.01. The Bertz CT molecular complexity index is 458. The monoisotopic (exact) mass is 246 g/mol. The summed E-state index contributed by atoms with van der Waals surface area (Å²) in [5, 5.41) is 0. The predicted octanol–water partition coefficient (Wildman–Crippen LogP) is 3.78. The van der Waals surface area contributed by atoms with Crippen LogP contribution in [0.5, 0.6) is 0 Å². The number of hydrogen-bond donors (Lipinski definition) is 0. The van der Waals surface area contributed by atoms with E-state index in [4.69, 9.17) is 4.74 Å². The fourth-order valence-electron chi connectivity index (χ4n) is 1.75. The van der Waals surface area contributed by atoms with Crippen LogP contribution in [0.4, 0.5) is 0 Å². The lowest BCUT2D eigenvalue weighted by Gasteiger charge is -2.09. The van der Waals surface area contributed by atoms with Crippen molar-refractivity contribution >= 4 is 5.78 Å². The van der Waals surface area contributed by atoms with Crippen molar-refractivity contribution in [2.45, 2.75) is 34.1 Å². The van der Waals surface area contributed by atoms with Crippen molar-refractivity contribution in [2.75, 3.05) is 13.2 Å². The van der Waals surface area contributed by atoms with Gasteiger partial charge in [0.15, 0.2) is 5.78 Å². The molecule has 98 valence electrons. The fraction of sp³-hybridized carbons (Fsp3) is 0.438. The van der Waals surface area contributed by atoms with Gasteiger partial charge in [-0.25, -0.2) is 0 Å². The zero-order valence-corrected chi connectivity index (χ0v) is 11.8. The highest BCUT2D eigenvalue weighted by molar-refractivity contribution is 5.98. The van der Waals surface area contributed by atoms with E-state index >= 15 is 0 Å². The molecule has 0 bridgehead atoms. The van der Waals surface area contributed by atoms with E-state index in [1.807, 2.05) is 26.8 Å². The molecule has 0 amide bonds. The van der Waals surface area contributed by atoms with Crippen LogP contribution in [0.2, 0.25) is 0 Å². The first kappa shape index (κ1) is 14.7. The summed E-state index contributed by atoms with van der Waals surface area (Å²) in [6.07, 6.45) is 0.805. The molecule has 0 spiro atoms. The van der Waals surface area contributed by atoms with Gasteiger partial charge in [0, 0.05) is 5.56 Å². The average molecular weight is 246 g/mol. The third-order valence-electron chi connectivity index (χ3n) is 3.05. The SMILES string of the molecule is C=C(C)CCOCC(=O)c1cc(C)c(C)cc1C. The Morgan fingerprint density at radius 1 is 1.17 bits per heavy atom. The number of carbonyl (C=O) groups excluding carboxylic acids is 1. The molecule has 0 saturated heterocycles. The second kappa shape index (κ2) is 6.50. The molecule has 0 aliphatic rings. The Labute approximate surface area is 110 Å². The van der Waals surface area contributed by atoms with Crippen molar-refractivity contribution in [3.63, 3.8) is 0 Å². The molecular weight excluding hydrogens is 224 g/mol. The quantitative estimate of drug-likeness (QED) is 0.434. The summed E-state index contributed by atoms with van der Waals surface area (Å²) >= 11 is 0. The fourth-order valence-corrected chi connectivity index (χ4v) is 1.75. The van der Waals surface area contributed by atoms with Crippen molar-refractivity contribution in [1.29, 1.82) is 0 Å².